The lowest BCUT2D eigenvalue weighted by Crippen LogP contribution is -2.14. The number of benzene rings is 3. The molecule has 10 heteroatoms. The molecule has 0 aliphatic heterocycles. The highest BCUT2D eigenvalue weighted by molar-refractivity contribution is 6.32. The van der Waals surface area contributed by atoms with Crippen LogP contribution in [0.15, 0.2) is 54.6 Å². The Morgan fingerprint density at radius 1 is 0.932 bits per heavy atom. The maximum Gasteiger partial charge on any atom is 0.336 e. The van der Waals surface area contributed by atoms with Crippen LogP contribution in [0.5, 0.6) is 28.7 Å². The average molecular weight is 616 g/mol. The largest absolute Gasteiger partial charge is 0.493 e. The third kappa shape index (κ3) is 7.30. The van der Waals surface area contributed by atoms with E-state index in [9.17, 15) is 9.90 Å². The first-order valence-corrected chi connectivity index (χ1v) is 14.0. The summed E-state index contributed by atoms with van der Waals surface area (Å²) in [5, 5.41) is 22.2. The van der Waals surface area contributed by atoms with Gasteiger partial charge in [0.05, 0.1) is 38.2 Å². The topological polar surface area (TPSA) is 123 Å². The average Bonchev–Trinajstić information content (AvgIpc) is 3.01. The highest BCUT2D eigenvalue weighted by Gasteiger charge is 2.19. The number of halogens is 1. The number of rotatable bonds is 12. The number of nitrogens with zero attached hydrogens (tertiary/aromatic N) is 1. The zero-order chi connectivity index (χ0) is 32.0. The summed E-state index contributed by atoms with van der Waals surface area (Å²) in [4.78, 5) is 16.9. The van der Waals surface area contributed by atoms with Gasteiger partial charge in [0.2, 0.25) is 5.75 Å². The van der Waals surface area contributed by atoms with Gasteiger partial charge in [-0.2, -0.15) is 0 Å². The molecule has 0 radical (unpaired) electrons. The van der Waals surface area contributed by atoms with Gasteiger partial charge in [-0.25, -0.2) is 9.78 Å². The van der Waals surface area contributed by atoms with E-state index in [1.54, 1.807) is 24.3 Å². The number of nitrogens with one attached hydrogen (secondary N) is 2. The van der Waals surface area contributed by atoms with Crippen LogP contribution in [-0.4, -0.2) is 43.1 Å². The Labute approximate surface area is 261 Å². The van der Waals surface area contributed by atoms with Crippen molar-refractivity contribution in [1.82, 2.24) is 4.98 Å². The summed E-state index contributed by atoms with van der Waals surface area (Å²) in [5.41, 5.74) is 4.17. The molecule has 0 atom stereocenters. The minimum atomic E-state index is -1.16. The predicted octanol–water partition coefficient (Wildman–Crippen LogP) is 8.04. The molecule has 0 saturated heterocycles. The maximum absolute atomic E-state index is 12.2. The summed E-state index contributed by atoms with van der Waals surface area (Å²) in [6, 6.07) is 16.3. The van der Waals surface area contributed by atoms with Crippen LogP contribution >= 0.6 is 11.6 Å². The van der Waals surface area contributed by atoms with Crippen molar-refractivity contribution < 1.29 is 28.8 Å². The number of aryl methyl sites for hydroxylation is 2. The van der Waals surface area contributed by atoms with Crippen LogP contribution in [0.2, 0.25) is 5.02 Å². The van der Waals surface area contributed by atoms with Crippen LogP contribution in [0, 0.1) is 19.3 Å². The molecule has 0 aliphatic carbocycles. The van der Waals surface area contributed by atoms with Crippen LogP contribution < -0.4 is 24.3 Å². The fourth-order valence-corrected chi connectivity index (χ4v) is 4.78. The van der Waals surface area contributed by atoms with Gasteiger partial charge in [-0.1, -0.05) is 29.8 Å². The van der Waals surface area contributed by atoms with E-state index < -0.39 is 5.97 Å². The van der Waals surface area contributed by atoms with Gasteiger partial charge >= 0.3 is 5.97 Å². The number of ether oxygens (including phenoxy) is 4. The highest BCUT2D eigenvalue weighted by atomic mass is 35.5. The van der Waals surface area contributed by atoms with Crippen molar-refractivity contribution in [2.24, 2.45) is 0 Å². The van der Waals surface area contributed by atoms with Crippen molar-refractivity contribution in [3.05, 3.63) is 98.7 Å². The van der Waals surface area contributed by atoms with Crippen molar-refractivity contribution in [2.45, 2.75) is 27.3 Å². The lowest BCUT2D eigenvalue weighted by Gasteiger charge is -2.15. The summed E-state index contributed by atoms with van der Waals surface area (Å²) < 4.78 is 22.3. The number of carboxylic acids is 1. The van der Waals surface area contributed by atoms with Crippen LogP contribution in [0.25, 0.3) is 12.2 Å². The Kier molecular flexibility index (Phi) is 10.1. The summed E-state index contributed by atoms with van der Waals surface area (Å²) in [5.74, 6) is 1.92. The summed E-state index contributed by atoms with van der Waals surface area (Å²) >= 11 is 6.27. The predicted molar refractivity (Wildman–Crippen MR) is 173 cm³/mol. The Hall–Kier alpha value is -5.02. The summed E-state index contributed by atoms with van der Waals surface area (Å²) in [6.07, 6.45) is 3.45. The quantitative estimate of drug-likeness (QED) is 0.137. The van der Waals surface area contributed by atoms with Crippen LogP contribution in [0.1, 0.15) is 50.8 Å². The number of hydrogen-bond acceptors (Lipinski definition) is 8. The molecule has 1 aromatic heterocycles. The molecule has 0 amide bonds. The molecular formula is C34H34ClN3O6. The third-order valence-corrected chi connectivity index (χ3v) is 7.40. The molecule has 0 fully saturated rings. The second kappa shape index (κ2) is 14.0. The van der Waals surface area contributed by atoms with Gasteiger partial charge in [0.25, 0.3) is 0 Å². The van der Waals surface area contributed by atoms with E-state index in [0.717, 1.165) is 27.3 Å². The Bertz CT molecular complexity index is 1690. The van der Waals surface area contributed by atoms with E-state index in [0.29, 0.717) is 41.0 Å². The summed E-state index contributed by atoms with van der Waals surface area (Å²) in [7, 11) is 4.59. The number of carbonyl (C=O) groups is 1. The Morgan fingerprint density at radius 2 is 1.55 bits per heavy atom. The van der Waals surface area contributed by atoms with E-state index in [-0.39, 0.29) is 22.7 Å². The number of aromatic carboxylic acids is 1. The lowest BCUT2D eigenvalue weighted by atomic mass is 10.0. The number of pyridine rings is 1. The number of methoxy groups -OCH3 is 3. The van der Waals surface area contributed by atoms with Gasteiger partial charge in [-0.05, 0) is 91.6 Å². The minimum absolute atomic E-state index is 0.0307. The van der Waals surface area contributed by atoms with E-state index in [1.807, 2.05) is 50.2 Å². The monoisotopic (exact) mass is 615 g/mol. The lowest BCUT2D eigenvalue weighted by molar-refractivity contribution is 0.0696. The van der Waals surface area contributed by atoms with Crippen molar-refractivity contribution in [3.8, 4) is 28.7 Å². The van der Waals surface area contributed by atoms with E-state index in [4.69, 9.17) is 36.0 Å². The molecule has 0 aliphatic rings. The zero-order valence-corrected chi connectivity index (χ0v) is 26.1. The zero-order valence-electron chi connectivity index (χ0n) is 25.4. The fraction of sp³-hybridized carbons (Fsp3) is 0.206. The second-order valence-electron chi connectivity index (χ2n) is 10.0. The summed E-state index contributed by atoms with van der Waals surface area (Å²) in [6.45, 7) is 5.74. The number of aromatic nitrogens is 1. The third-order valence-electron chi connectivity index (χ3n) is 6.81. The first-order valence-electron chi connectivity index (χ1n) is 13.6. The molecule has 1 heterocycles. The molecule has 0 bridgehead atoms. The van der Waals surface area contributed by atoms with Crippen molar-refractivity contribution in [1.29, 1.82) is 5.41 Å². The van der Waals surface area contributed by atoms with Gasteiger partial charge in [-0.3, -0.25) is 0 Å². The van der Waals surface area contributed by atoms with E-state index in [1.165, 1.54) is 34.3 Å². The van der Waals surface area contributed by atoms with E-state index >= 15 is 0 Å². The van der Waals surface area contributed by atoms with Gasteiger partial charge in [-0.15, -0.1) is 0 Å². The van der Waals surface area contributed by atoms with Gasteiger partial charge in [0.1, 0.15) is 17.3 Å². The molecule has 44 heavy (non-hydrogen) atoms. The number of anilines is 1. The van der Waals surface area contributed by atoms with Crippen molar-refractivity contribution in [2.75, 3.05) is 26.6 Å². The maximum atomic E-state index is 12.2. The molecule has 3 N–H and O–H groups in total. The minimum Gasteiger partial charge on any atom is -0.493 e. The highest BCUT2D eigenvalue weighted by Crippen LogP contribution is 2.38. The van der Waals surface area contributed by atoms with Gasteiger partial charge in [0, 0.05) is 17.3 Å². The molecule has 4 rings (SSSR count). The van der Waals surface area contributed by atoms with Gasteiger partial charge < -0.3 is 34.8 Å². The molecule has 0 saturated carbocycles. The SMILES string of the molecule is COc1cc(C=Cc2cc(C(=O)O)c(C(C)=N)c(NCc3ccc(Oc4cc(C)c(Cl)c(C)c4)cc3)n2)cc(OC)c1OC. The molecule has 3 aromatic carbocycles. The first-order chi connectivity index (χ1) is 21.0. The number of hydrogen-bond donors (Lipinski definition) is 3. The van der Waals surface area contributed by atoms with Crippen LogP contribution in [-0.2, 0) is 6.54 Å². The van der Waals surface area contributed by atoms with Crippen LogP contribution in [0.3, 0.4) is 0 Å². The van der Waals surface area contributed by atoms with Crippen molar-refractivity contribution >= 4 is 41.3 Å². The smallest absolute Gasteiger partial charge is 0.336 e. The van der Waals surface area contributed by atoms with Crippen LogP contribution in [0.4, 0.5) is 5.82 Å². The number of carboxylic acid groups (broad SMARTS) is 1. The molecule has 0 spiro atoms. The second-order valence-corrected chi connectivity index (χ2v) is 10.4. The first kappa shape index (κ1) is 31.9. The molecule has 9 nitrogen and oxygen atoms in total. The Balaban J connectivity index is 1.59. The van der Waals surface area contributed by atoms with Crippen molar-refractivity contribution in [3.63, 3.8) is 0 Å². The molecule has 0 unspecified atom stereocenters. The molecular weight excluding hydrogens is 582 g/mol. The standard InChI is InChI=1S/C34H34ClN3O6/c1-19-13-26(14-20(2)31(19)35)44-25-11-8-22(9-12-25)18-37-33-30(21(3)36)27(34(39)40)17-24(38-33)10-7-23-15-28(41-4)32(43-6)29(16-23)42-5/h7-17,36H,18H2,1-6H3,(H,37,38)(H,39,40). The van der Waals surface area contributed by atoms with E-state index in [2.05, 4.69) is 10.3 Å². The molecule has 4 aromatic rings. The fourth-order valence-electron chi connectivity index (χ4n) is 4.67. The van der Waals surface area contributed by atoms with Gasteiger partial charge in [0.15, 0.2) is 11.5 Å². The Morgan fingerprint density at radius 3 is 2.07 bits per heavy atom. The normalized spacial score (nSPS) is 10.9. The molecule has 228 valence electrons.